The third-order valence-electron chi connectivity index (χ3n) is 2.92. The molecule has 124 valence electrons. The molecule has 0 radical (unpaired) electrons. The smallest absolute Gasteiger partial charge is 0.407 e. The number of benzene rings is 1. The molecule has 2 N–H and O–H groups in total. The summed E-state index contributed by atoms with van der Waals surface area (Å²) < 4.78 is 5.04. The predicted molar refractivity (Wildman–Crippen MR) is 86.1 cm³/mol. The van der Waals surface area contributed by atoms with Crippen LogP contribution in [-0.2, 0) is 11.3 Å². The standard InChI is InChI=1S/C16H16N4O4/c1-12-18-14(15(19-12)20(22)23)9-5-6-10-17-16(21)24-11-13-7-3-2-4-8-13/h2-4,7-8H,6,10-11H2,1H3,(H,17,21)(H,18,19). The third-order valence-corrected chi connectivity index (χ3v) is 2.92. The van der Waals surface area contributed by atoms with Crippen molar-refractivity contribution < 1.29 is 14.5 Å². The van der Waals surface area contributed by atoms with Gasteiger partial charge in [0.05, 0.1) is 0 Å². The minimum Gasteiger partial charge on any atom is -0.445 e. The largest absolute Gasteiger partial charge is 0.445 e. The van der Waals surface area contributed by atoms with E-state index in [1.54, 1.807) is 6.92 Å². The first-order valence-corrected chi connectivity index (χ1v) is 7.20. The molecule has 0 atom stereocenters. The van der Waals surface area contributed by atoms with Gasteiger partial charge in [0.1, 0.15) is 6.61 Å². The van der Waals surface area contributed by atoms with E-state index in [2.05, 4.69) is 27.1 Å². The number of carbonyl (C=O) groups is 1. The molecule has 0 unspecified atom stereocenters. The first-order chi connectivity index (χ1) is 11.6. The first kappa shape index (κ1) is 17.0. The predicted octanol–water partition coefficient (Wildman–Crippen LogP) is 2.29. The van der Waals surface area contributed by atoms with Crippen LogP contribution in [0.3, 0.4) is 0 Å². The van der Waals surface area contributed by atoms with Gasteiger partial charge in [0.15, 0.2) is 5.82 Å². The minimum absolute atomic E-state index is 0.0872. The van der Waals surface area contributed by atoms with Crippen LogP contribution in [0.15, 0.2) is 30.3 Å². The van der Waals surface area contributed by atoms with E-state index in [0.717, 1.165) is 5.56 Å². The van der Waals surface area contributed by atoms with Crippen molar-refractivity contribution in [1.82, 2.24) is 15.3 Å². The average Bonchev–Trinajstić information content (AvgIpc) is 2.94. The molecule has 0 saturated heterocycles. The molecule has 0 aliphatic carbocycles. The molecule has 0 bridgehead atoms. The van der Waals surface area contributed by atoms with Gasteiger partial charge in [-0.1, -0.05) is 36.3 Å². The maximum absolute atomic E-state index is 11.5. The summed E-state index contributed by atoms with van der Waals surface area (Å²) in [6.07, 6.45) is -0.217. The number of amides is 1. The topological polar surface area (TPSA) is 110 Å². The quantitative estimate of drug-likeness (QED) is 0.379. The Morgan fingerprint density at radius 1 is 1.42 bits per heavy atom. The lowest BCUT2D eigenvalue weighted by Gasteiger charge is -2.05. The van der Waals surface area contributed by atoms with Gasteiger partial charge in [-0.3, -0.25) is 0 Å². The van der Waals surface area contributed by atoms with Crippen molar-refractivity contribution >= 4 is 11.9 Å². The summed E-state index contributed by atoms with van der Waals surface area (Å²) in [4.78, 5) is 28.2. The Morgan fingerprint density at radius 2 is 2.17 bits per heavy atom. The Morgan fingerprint density at radius 3 is 2.88 bits per heavy atom. The number of nitrogens with one attached hydrogen (secondary N) is 2. The second kappa shape index (κ2) is 8.33. The van der Waals surface area contributed by atoms with Crippen LogP contribution in [0.4, 0.5) is 10.6 Å². The van der Waals surface area contributed by atoms with Gasteiger partial charge in [-0.25, -0.2) is 9.78 Å². The molecule has 1 aromatic carbocycles. The maximum atomic E-state index is 11.5. The number of alkyl carbamates (subject to hydrolysis) is 1. The fourth-order valence-corrected chi connectivity index (χ4v) is 1.85. The van der Waals surface area contributed by atoms with Crippen molar-refractivity contribution in [3.8, 4) is 11.8 Å². The molecule has 8 nitrogen and oxygen atoms in total. The number of hydrogen-bond donors (Lipinski definition) is 2. The highest BCUT2D eigenvalue weighted by atomic mass is 16.6. The van der Waals surface area contributed by atoms with Crippen LogP contribution in [0.5, 0.6) is 0 Å². The SMILES string of the molecule is Cc1nc(C#CCCNC(=O)OCc2ccccc2)c([N+](=O)[O-])[nH]1. The van der Waals surface area contributed by atoms with Gasteiger partial charge in [-0.2, -0.15) is 4.98 Å². The normalized spacial score (nSPS) is 9.71. The van der Waals surface area contributed by atoms with Crippen molar-refractivity contribution in [1.29, 1.82) is 0 Å². The highest BCUT2D eigenvalue weighted by Crippen LogP contribution is 2.13. The van der Waals surface area contributed by atoms with E-state index in [4.69, 9.17) is 4.74 Å². The number of imidazole rings is 1. The number of aromatic nitrogens is 2. The average molecular weight is 328 g/mol. The van der Waals surface area contributed by atoms with E-state index in [1.165, 1.54) is 0 Å². The van der Waals surface area contributed by atoms with Gasteiger partial charge in [-0.15, -0.1) is 0 Å². The first-order valence-electron chi connectivity index (χ1n) is 7.20. The Kier molecular flexibility index (Phi) is 5.91. The van der Waals surface area contributed by atoms with Crippen LogP contribution in [0.2, 0.25) is 0 Å². The lowest BCUT2D eigenvalue weighted by Crippen LogP contribution is -2.24. The summed E-state index contributed by atoms with van der Waals surface area (Å²) in [6.45, 7) is 2.08. The molecule has 8 heteroatoms. The molecule has 2 rings (SSSR count). The summed E-state index contributed by atoms with van der Waals surface area (Å²) in [6, 6.07) is 9.33. The van der Waals surface area contributed by atoms with E-state index in [0.29, 0.717) is 12.2 Å². The van der Waals surface area contributed by atoms with Gasteiger partial charge in [0, 0.05) is 19.9 Å². The summed E-state index contributed by atoms with van der Waals surface area (Å²) in [5.41, 5.74) is 0.984. The van der Waals surface area contributed by atoms with Gasteiger partial charge in [0.2, 0.25) is 5.69 Å². The fourth-order valence-electron chi connectivity index (χ4n) is 1.85. The lowest BCUT2D eigenvalue weighted by molar-refractivity contribution is -0.389. The molecule has 0 saturated carbocycles. The molecular weight excluding hydrogens is 312 g/mol. The Hall–Kier alpha value is -3.34. The second-order valence-electron chi connectivity index (χ2n) is 4.82. The van der Waals surface area contributed by atoms with E-state index >= 15 is 0 Å². The number of aromatic amines is 1. The summed E-state index contributed by atoms with van der Waals surface area (Å²) in [5, 5.41) is 13.4. The molecule has 0 fully saturated rings. The number of rotatable bonds is 5. The van der Waals surface area contributed by atoms with Crippen LogP contribution in [0.1, 0.15) is 23.5 Å². The maximum Gasteiger partial charge on any atom is 0.407 e. The van der Waals surface area contributed by atoms with Crippen molar-refractivity contribution in [2.45, 2.75) is 20.0 Å². The summed E-state index contributed by atoms with van der Waals surface area (Å²) >= 11 is 0. The zero-order valence-corrected chi connectivity index (χ0v) is 13.0. The molecule has 0 spiro atoms. The van der Waals surface area contributed by atoms with E-state index in [9.17, 15) is 14.9 Å². The molecule has 0 aliphatic heterocycles. The van der Waals surface area contributed by atoms with E-state index in [-0.39, 0.29) is 24.7 Å². The van der Waals surface area contributed by atoms with E-state index in [1.807, 2.05) is 30.3 Å². The number of nitro groups is 1. The van der Waals surface area contributed by atoms with Gasteiger partial charge in [-0.05, 0) is 16.4 Å². The van der Waals surface area contributed by atoms with Gasteiger partial charge < -0.3 is 20.2 Å². The highest BCUT2D eigenvalue weighted by molar-refractivity contribution is 5.67. The number of nitrogens with zero attached hydrogens (tertiary/aromatic N) is 2. The van der Waals surface area contributed by atoms with Crippen molar-refractivity contribution in [2.24, 2.45) is 0 Å². The molecule has 0 aliphatic rings. The monoisotopic (exact) mass is 328 g/mol. The second-order valence-corrected chi connectivity index (χ2v) is 4.82. The fraction of sp³-hybridized carbons (Fsp3) is 0.250. The summed E-state index contributed by atoms with van der Waals surface area (Å²) in [5.74, 6) is 5.55. The highest BCUT2D eigenvalue weighted by Gasteiger charge is 2.15. The number of carbonyl (C=O) groups excluding carboxylic acids is 1. The van der Waals surface area contributed by atoms with E-state index < -0.39 is 11.0 Å². The zero-order valence-electron chi connectivity index (χ0n) is 13.0. The van der Waals surface area contributed by atoms with Crippen molar-refractivity contribution in [2.75, 3.05) is 6.54 Å². The van der Waals surface area contributed by atoms with Crippen LogP contribution < -0.4 is 5.32 Å². The van der Waals surface area contributed by atoms with Crippen LogP contribution in [0.25, 0.3) is 0 Å². The molecule has 1 amide bonds. The van der Waals surface area contributed by atoms with Crippen molar-refractivity contribution in [3.05, 3.63) is 57.5 Å². The van der Waals surface area contributed by atoms with Crippen molar-refractivity contribution in [3.63, 3.8) is 0 Å². The van der Waals surface area contributed by atoms with Crippen LogP contribution in [0, 0.1) is 28.9 Å². The molecule has 1 heterocycles. The molecule has 24 heavy (non-hydrogen) atoms. The molecular formula is C16H16N4O4. The number of H-pyrrole nitrogens is 1. The Balaban J connectivity index is 1.73. The van der Waals surface area contributed by atoms with Gasteiger partial charge >= 0.3 is 11.9 Å². The number of hydrogen-bond acceptors (Lipinski definition) is 5. The number of ether oxygens (including phenoxy) is 1. The Bertz CT molecular complexity index is 774. The van der Waals surface area contributed by atoms with Crippen LogP contribution in [-0.4, -0.2) is 27.5 Å². The zero-order chi connectivity index (χ0) is 17.4. The lowest BCUT2D eigenvalue weighted by atomic mass is 10.2. The minimum atomic E-state index is -0.566. The van der Waals surface area contributed by atoms with Gasteiger partial charge in [0.25, 0.3) is 0 Å². The summed E-state index contributed by atoms with van der Waals surface area (Å²) in [7, 11) is 0. The third kappa shape index (κ3) is 5.14. The molecule has 1 aromatic heterocycles. The molecule has 2 aromatic rings. The number of aryl methyl sites for hydroxylation is 1. The van der Waals surface area contributed by atoms with Crippen LogP contribution >= 0.6 is 0 Å². The Labute approximate surface area is 138 Å².